The molecular formula is C15H18BrFN2O. The summed E-state index contributed by atoms with van der Waals surface area (Å²) in [4.78, 5) is 12.0. The van der Waals surface area contributed by atoms with Gasteiger partial charge in [-0.3, -0.25) is 0 Å². The Balaban J connectivity index is 1.57. The standard InChI is InChI=1S/C15H18BrFN2O/c1-9(10-3-2-4-12(16)5-10)18-14(20)19-15-6-11(7-15)13(17)8-15/h2-5,9,11,13H,6-8H2,1H3,(H2,18,19,20)/t9-,11?,13?,15?/m0/s1. The van der Waals surface area contributed by atoms with E-state index in [1.165, 1.54) is 0 Å². The first-order valence-corrected chi connectivity index (χ1v) is 7.75. The van der Waals surface area contributed by atoms with Gasteiger partial charge in [-0.1, -0.05) is 28.1 Å². The number of halogens is 2. The first-order chi connectivity index (χ1) is 9.47. The summed E-state index contributed by atoms with van der Waals surface area (Å²) in [6.45, 7) is 1.94. The lowest BCUT2D eigenvalue weighted by atomic mass is 9.77. The molecule has 1 aromatic rings. The fourth-order valence-electron chi connectivity index (χ4n) is 3.39. The summed E-state index contributed by atoms with van der Waals surface area (Å²) in [5, 5.41) is 5.89. The molecule has 3 nitrogen and oxygen atoms in total. The number of nitrogens with one attached hydrogen (secondary N) is 2. The van der Waals surface area contributed by atoms with E-state index >= 15 is 0 Å². The van der Waals surface area contributed by atoms with Crippen LogP contribution in [0.4, 0.5) is 9.18 Å². The molecule has 0 aliphatic heterocycles. The van der Waals surface area contributed by atoms with Gasteiger partial charge in [0.1, 0.15) is 6.17 Å². The molecule has 0 radical (unpaired) electrons. The second-order valence-corrected chi connectivity index (χ2v) is 6.96. The van der Waals surface area contributed by atoms with Gasteiger partial charge in [-0.2, -0.15) is 0 Å². The number of amides is 2. The van der Waals surface area contributed by atoms with Crippen molar-refractivity contribution < 1.29 is 9.18 Å². The van der Waals surface area contributed by atoms with Crippen LogP contribution in [-0.4, -0.2) is 17.7 Å². The monoisotopic (exact) mass is 340 g/mol. The summed E-state index contributed by atoms with van der Waals surface area (Å²) >= 11 is 3.42. The summed E-state index contributed by atoms with van der Waals surface area (Å²) in [5.41, 5.74) is 0.749. The van der Waals surface area contributed by atoms with Crippen molar-refractivity contribution in [3.8, 4) is 0 Å². The Bertz CT molecular complexity index is 530. The third-order valence-corrected chi connectivity index (χ3v) is 4.97. The lowest BCUT2D eigenvalue weighted by Crippen LogP contribution is -2.55. The maximum atomic E-state index is 13.4. The number of hydrogen-bond donors (Lipinski definition) is 2. The Morgan fingerprint density at radius 2 is 2.20 bits per heavy atom. The molecule has 2 N–H and O–H groups in total. The van der Waals surface area contributed by atoms with Crippen LogP contribution in [0.25, 0.3) is 0 Å². The largest absolute Gasteiger partial charge is 0.333 e. The number of hydrogen-bond acceptors (Lipinski definition) is 1. The van der Waals surface area contributed by atoms with Crippen molar-refractivity contribution in [2.45, 2.75) is 43.9 Å². The van der Waals surface area contributed by atoms with Crippen molar-refractivity contribution >= 4 is 22.0 Å². The number of urea groups is 1. The van der Waals surface area contributed by atoms with E-state index < -0.39 is 6.17 Å². The topological polar surface area (TPSA) is 41.1 Å². The van der Waals surface area contributed by atoms with E-state index in [9.17, 15) is 9.18 Å². The van der Waals surface area contributed by atoms with Gasteiger partial charge in [0.15, 0.2) is 0 Å². The first-order valence-electron chi connectivity index (χ1n) is 6.96. The molecular weight excluding hydrogens is 323 g/mol. The minimum absolute atomic E-state index is 0.0812. The second kappa shape index (κ2) is 5.02. The highest BCUT2D eigenvalue weighted by atomic mass is 79.9. The Kier molecular flexibility index (Phi) is 3.48. The Morgan fingerprint density at radius 1 is 1.45 bits per heavy atom. The van der Waals surface area contributed by atoms with Crippen molar-refractivity contribution in [3.05, 3.63) is 34.3 Å². The van der Waals surface area contributed by atoms with Gasteiger partial charge < -0.3 is 10.6 Å². The fraction of sp³-hybridized carbons (Fsp3) is 0.533. The van der Waals surface area contributed by atoms with Gasteiger partial charge in [0.25, 0.3) is 0 Å². The summed E-state index contributed by atoms with van der Waals surface area (Å²) in [6.07, 6.45) is 1.30. The van der Waals surface area contributed by atoms with E-state index in [1.807, 2.05) is 31.2 Å². The average molecular weight is 341 g/mol. The number of carbonyl (C=O) groups excluding carboxylic acids is 1. The number of rotatable bonds is 3. The maximum absolute atomic E-state index is 13.4. The van der Waals surface area contributed by atoms with Gasteiger partial charge in [0.05, 0.1) is 6.04 Å². The molecule has 5 heteroatoms. The third kappa shape index (κ3) is 2.55. The summed E-state index contributed by atoms with van der Waals surface area (Å²) in [5.74, 6) is 0.165. The molecule has 0 heterocycles. The molecule has 3 aliphatic carbocycles. The van der Waals surface area contributed by atoms with Crippen LogP contribution >= 0.6 is 15.9 Å². The molecule has 0 saturated heterocycles. The number of fused-ring (bicyclic) bond motifs is 1. The molecule has 2 atom stereocenters. The molecule has 1 unspecified atom stereocenters. The summed E-state index contributed by atoms with van der Waals surface area (Å²) in [6, 6.07) is 7.56. The van der Waals surface area contributed by atoms with Gasteiger partial charge >= 0.3 is 6.03 Å². The van der Waals surface area contributed by atoms with Crippen LogP contribution in [0.3, 0.4) is 0 Å². The molecule has 20 heavy (non-hydrogen) atoms. The molecule has 4 rings (SSSR count). The van der Waals surface area contributed by atoms with Gasteiger partial charge in [-0.05, 0) is 43.4 Å². The maximum Gasteiger partial charge on any atom is 0.315 e. The summed E-state index contributed by atoms with van der Waals surface area (Å²) in [7, 11) is 0. The van der Waals surface area contributed by atoms with E-state index in [0.29, 0.717) is 6.42 Å². The number of alkyl halides is 1. The van der Waals surface area contributed by atoms with Crippen molar-refractivity contribution in [2.24, 2.45) is 5.92 Å². The Labute approximate surface area is 126 Å². The minimum Gasteiger partial charge on any atom is -0.333 e. The molecule has 0 aromatic heterocycles. The van der Waals surface area contributed by atoms with Crippen LogP contribution in [0.2, 0.25) is 0 Å². The second-order valence-electron chi connectivity index (χ2n) is 6.04. The Hall–Kier alpha value is -1.10. The van der Waals surface area contributed by atoms with Crippen molar-refractivity contribution in [2.75, 3.05) is 0 Å². The average Bonchev–Trinajstić information content (AvgIpc) is 2.80. The quantitative estimate of drug-likeness (QED) is 0.865. The zero-order valence-electron chi connectivity index (χ0n) is 11.3. The highest BCUT2D eigenvalue weighted by Gasteiger charge is 2.57. The SMILES string of the molecule is C[C@H](NC(=O)NC12CC(F)C(C1)C2)c1cccc(Br)c1. The molecule has 3 saturated carbocycles. The molecule has 3 aliphatic rings. The zero-order valence-corrected chi connectivity index (χ0v) is 12.9. The number of benzene rings is 1. The van der Waals surface area contributed by atoms with Crippen LogP contribution < -0.4 is 10.6 Å². The van der Waals surface area contributed by atoms with Crippen LogP contribution in [-0.2, 0) is 0 Å². The van der Waals surface area contributed by atoms with Gasteiger partial charge in [0, 0.05) is 16.4 Å². The normalized spacial score (nSPS) is 32.4. The van der Waals surface area contributed by atoms with Crippen molar-refractivity contribution in [1.82, 2.24) is 10.6 Å². The minimum atomic E-state index is -0.738. The molecule has 1 aromatic carbocycles. The lowest BCUT2D eigenvalue weighted by molar-refractivity contribution is 0.167. The van der Waals surface area contributed by atoms with Crippen LogP contribution in [0.1, 0.15) is 37.8 Å². The van der Waals surface area contributed by atoms with E-state index in [4.69, 9.17) is 0 Å². The highest BCUT2D eigenvalue weighted by molar-refractivity contribution is 9.10. The molecule has 3 fully saturated rings. The first kappa shape index (κ1) is 13.9. The van der Waals surface area contributed by atoms with Crippen molar-refractivity contribution in [3.63, 3.8) is 0 Å². The predicted molar refractivity (Wildman–Crippen MR) is 79.2 cm³/mol. The van der Waals surface area contributed by atoms with Gasteiger partial charge in [-0.25, -0.2) is 9.18 Å². The third-order valence-electron chi connectivity index (χ3n) is 4.48. The molecule has 108 valence electrons. The predicted octanol–water partition coefficient (Wildman–Crippen LogP) is 3.70. The number of carbonyl (C=O) groups is 1. The van der Waals surface area contributed by atoms with E-state index in [1.54, 1.807) is 0 Å². The van der Waals surface area contributed by atoms with E-state index in [-0.39, 0.29) is 23.5 Å². The fourth-order valence-corrected chi connectivity index (χ4v) is 3.81. The van der Waals surface area contributed by atoms with Crippen LogP contribution in [0, 0.1) is 5.92 Å². The zero-order chi connectivity index (χ0) is 14.3. The van der Waals surface area contributed by atoms with Gasteiger partial charge in [0.2, 0.25) is 0 Å². The van der Waals surface area contributed by atoms with E-state index in [0.717, 1.165) is 22.9 Å². The summed E-state index contributed by atoms with van der Waals surface area (Å²) < 4.78 is 14.4. The highest BCUT2D eigenvalue weighted by Crippen LogP contribution is 2.53. The smallest absolute Gasteiger partial charge is 0.315 e. The van der Waals surface area contributed by atoms with Crippen LogP contribution in [0.15, 0.2) is 28.7 Å². The lowest BCUT2D eigenvalue weighted by Gasteiger charge is -2.38. The van der Waals surface area contributed by atoms with E-state index in [2.05, 4.69) is 26.6 Å². The van der Waals surface area contributed by atoms with Crippen LogP contribution in [0.5, 0.6) is 0 Å². The Morgan fingerprint density at radius 3 is 2.80 bits per heavy atom. The van der Waals surface area contributed by atoms with Gasteiger partial charge in [-0.15, -0.1) is 0 Å². The van der Waals surface area contributed by atoms with Crippen molar-refractivity contribution in [1.29, 1.82) is 0 Å². The molecule has 0 spiro atoms. The molecule has 2 amide bonds. The molecule has 2 bridgehead atoms.